The fraction of sp³-hybridized carbons (Fsp3) is 0.300. The number of benzene rings is 1. The lowest BCUT2D eigenvalue weighted by Gasteiger charge is -2.14. The van der Waals surface area contributed by atoms with Crippen LogP contribution in [0.15, 0.2) is 53.1 Å². The van der Waals surface area contributed by atoms with Gasteiger partial charge >= 0.3 is 0 Å². The Labute approximate surface area is 136 Å². The topological polar surface area (TPSA) is 38.9 Å². The van der Waals surface area contributed by atoms with Crippen LogP contribution in [0.4, 0.5) is 0 Å². The van der Waals surface area contributed by atoms with E-state index in [0.717, 1.165) is 36.4 Å². The Morgan fingerprint density at radius 1 is 1.13 bits per heavy atom. The number of nitrogens with zero attached hydrogens (tertiary/aromatic N) is 2. The summed E-state index contributed by atoms with van der Waals surface area (Å²) in [5.74, 6) is 2.20. The Morgan fingerprint density at radius 2 is 2.09 bits per heavy atom. The third-order valence-electron chi connectivity index (χ3n) is 4.57. The predicted octanol–water partition coefficient (Wildman–Crippen LogP) is 4.71. The molecule has 3 aromatic rings. The van der Waals surface area contributed by atoms with E-state index in [9.17, 15) is 0 Å². The van der Waals surface area contributed by atoms with Gasteiger partial charge in [-0.05, 0) is 49.8 Å². The van der Waals surface area contributed by atoms with Gasteiger partial charge in [0.05, 0.1) is 5.69 Å². The van der Waals surface area contributed by atoms with Crippen LogP contribution in [0.2, 0.25) is 0 Å². The van der Waals surface area contributed by atoms with Crippen LogP contribution in [-0.4, -0.2) is 9.97 Å². The van der Waals surface area contributed by atoms with Gasteiger partial charge in [-0.1, -0.05) is 35.9 Å². The number of hydrogen-bond acceptors (Lipinski definition) is 3. The first-order chi connectivity index (χ1) is 11.3. The number of oxazole rings is 1. The van der Waals surface area contributed by atoms with Crippen molar-refractivity contribution < 1.29 is 4.42 Å². The summed E-state index contributed by atoms with van der Waals surface area (Å²) in [7, 11) is 0. The molecule has 2 aromatic heterocycles. The van der Waals surface area contributed by atoms with Crippen LogP contribution in [0.25, 0.3) is 11.6 Å². The molecule has 0 aliphatic heterocycles. The second-order valence-corrected chi connectivity index (χ2v) is 6.31. The largest absolute Gasteiger partial charge is 0.440 e. The number of pyridine rings is 1. The summed E-state index contributed by atoms with van der Waals surface area (Å²) in [6.45, 7) is 2.15. The molecule has 0 fully saturated rings. The van der Waals surface area contributed by atoms with E-state index in [2.05, 4.69) is 36.2 Å². The third kappa shape index (κ3) is 2.91. The van der Waals surface area contributed by atoms with E-state index in [4.69, 9.17) is 9.40 Å². The molecule has 1 aliphatic rings. The highest BCUT2D eigenvalue weighted by molar-refractivity contribution is 5.47. The zero-order valence-corrected chi connectivity index (χ0v) is 13.3. The number of rotatable bonds is 2. The van der Waals surface area contributed by atoms with Crippen molar-refractivity contribution in [3.05, 3.63) is 71.2 Å². The molecule has 1 aromatic carbocycles. The summed E-state index contributed by atoms with van der Waals surface area (Å²) in [5, 5.41) is 0. The SMILES string of the molecule is Cc1cccc(C2CCCc3nc(-c4ccccn4)oc3C2)c1. The van der Waals surface area contributed by atoms with Gasteiger partial charge in [0.25, 0.3) is 0 Å². The average Bonchev–Trinajstić information content (AvgIpc) is 2.87. The molecule has 0 radical (unpaired) electrons. The van der Waals surface area contributed by atoms with Crippen molar-refractivity contribution in [3.63, 3.8) is 0 Å². The zero-order valence-electron chi connectivity index (χ0n) is 13.3. The molecular weight excluding hydrogens is 284 g/mol. The Morgan fingerprint density at radius 3 is 2.91 bits per heavy atom. The summed E-state index contributed by atoms with van der Waals surface area (Å²) in [6.07, 6.45) is 6.04. The van der Waals surface area contributed by atoms with Crippen molar-refractivity contribution in [1.29, 1.82) is 0 Å². The molecule has 2 heterocycles. The maximum absolute atomic E-state index is 6.08. The van der Waals surface area contributed by atoms with E-state index >= 15 is 0 Å². The number of hydrogen-bond donors (Lipinski definition) is 0. The Bertz CT molecular complexity index is 808. The molecule has 3 nitrogen and oxygen atoms in total. The lowest BCUT2D eigenvalue weighted by atomic mass is 9.91. The van der Waals surface area contributed by atoms with Gasteiger partial charge in [0, 0.05) is 12.6 Å². The van der Waals surface area contributed by atoms with Crippen LogP contribution in [0.3, 0.4) is 0 Å². The molecule has 1 atom stereocenters. The molecule has 0 amide bonds. The fourth-order valence-corrected chi connectivity index (χ4v) is 3.39. The smallest absolute Gasteiger partial charge is 0.245 e. The molecule has 116 valence electrons. The molecule has 0 spiro atoms. The van der Waals surface area contributed by atoms with Gasteiger partial charge in [0.2, 0.25) is 5.89 Å². The average molecular weight is 304 g/mol. The van der Waals surface area contributed by atoms with Gasteiger partial charge in [-0.25, -0.2) is 4.98 Å². The normalized spacial score (nSPS) is 17.5. The Balaban J connectivity index is 1.65. The van der Waals surface area contributed by atoms with Crippen LogP contribution in [0.5, 0.6) is 0 Å². The first-order valence-electron chi connectivity index (χ1n) is 8.26. The van der Waals surface area contributed by atoms with Crippen molar-refractivity contribution in [2.45, 2.75) is 38.5 Å². The van der Waals surface area contributed by atoms with E-state index in [1.54, 1.807) is 6.20 Å². The second-order valence-electron chi connectivity index (χ2n) is 6.31. The standard InChI is InChI=1S/C20H20N2O/c1-14-6-4-7-15(12-14)16-8-5-10-17-19(13-16)23-20(22-17)18-9-2-3-11-21-18/h2-4,6-7,9,11-12,16H,5,8,10,13H2,1H3. The van der Waals surface area contributed by atoms with Crippen LogP contribution in [0.1, 0.15) is 41.3 Å². The molecule has 0 bridgehead atoms. The highest BCUT2D eigenvalue weighted by atomic mass is 16.4. The first kappa shape index (κ1) is 14.2. The molecule has 0 saturated carbocycles. The maximum Gasteiger partial charge on any atom is 0.245 e. The molecule has 3 heteroatoms. The van der Waals surface area contributed by atoms with Crippen LogP contribution in [-0.2, 0) is 12.8 Å². The summed E-state index contributed by atoms with van der Waals surface area (Å²) in [5.41, 5.74) is 4.65. The van der Waals surface area contributed by atoms with Gasteiger partial charge < -0.3 is 4.42 Å². The van der Waals surface area contributed by atoms with E-state index in [-0.39, 0.29) is 0 Å². The molecule has 1 aliphatic carbocycles. The fourth-order valence-electron chi connectivity index (χ4n) is 3.39. The highest BCUT2D eigenvalue weighted by Crippen LogP contribution is 2.33. The minimum atomic E-state index is 0.515. The Kier molecular flexibility index (Phi) is 3.70. The van der Waals surface area contributed by atoms with Crippen LogP contribution < -0.4 is 0 Å². The summed E-state index contributed by atoms with van der Waals surface area (Å²) < 4.78 is 6.08. The second kappa shape index (κ2) is 5.99. The van der Waals surface area contributed by atoms with Gasteiger partial charge in [0.1, 0.15) is 11.5 Å². The van der Waals surface area contributed by atoms with Crippen LogP contribution >= 0.6 is 0 Å². The Hall–Kier alpha value is -2.42. The monoisotopic (exact) mass is 304 g/mol. The van der Waals surface area contributed by atoms with Crippen LogP contribution in [0, 0.1) is 6.92 Å². The minimum Gasteiger partial charge on any atom is -0.440 e. The molecule has 0 saturated heterocycles. The van der Waals surface area contributed by atoms with Crippen molar-refractivity contribution in [2.75, 3.05) is 0 Å². The molecule has 4 rings (SSSR count). The molecule has 1 unspecified atom stereocenters. The number of fused-ring (bicyclic) bond motifs is 1. The van der Waals surface area contributed by atoms with E-state index in [1.165, 1.54) is 17.5 Å². The maximum atomic E-state index is 6.08. The number of aromatic nitrogens is 2. The van der Waals surface area contributed by atoms with E-state index in [0.29, 0.717) is 11.8 Å². The van der Waals surface area contributed by atoms with Crippen molar-refractivity contribution >= 4 is 0 Å². The summed E-state index contributed by atoms with van der Waals surface area (Å²) >= 11 is 0. The lowest BCUT2D eigenvalue weighted by Crippen LogP contribution is -2.01. The summed E-state index contributed by atoms with van der Waals surface area (Å²) in [6, 6.07) is 14.7. The van der Waals surface area contributed by atoms with Crippen molar-refractivity contribution in [3.8, 4) is 11.6 Å². The number of aryl methyl sites for hydroxylation is 2. The minimum absolute atomic E-state index is 0.515. The lowest BCUT2D eigenvalue weighted by molar-refractivity contribution is 0.486. The van der Waals surface area contributed by atoms with Crippen molar-refractivity contribution in [1.82, 2.24) is 9.97 Å². The highest BCUT2D eigenvalue weighted by Gasteiger charge is 2.24. The van der Waals surface area contributed by atoms with Gasteiger partial charge in [0.15, 0.2) is 0 Å². The van der Waals surface area contributed by atoms with Gasteiger partial charge in [-0.2, -0.15) is 0 Å². The molecule has 23 heavy (non-hydrogen) atoms. The zero-order chi connectivity index (χ0) is 15.6. The third-order valence-corrected chi connectivity index (χ3v) is 4.57. The molecule has 0 N–H and O–H groups in total. The first-order valence-corrected chi connectivity index (χ1v) is 8.26. The quantitative estimate of drug-likeness (QED) is 0.644. The van der Waals surface area contributed by atoms with E-state index in [1.807, 2.05) is 18.2 Å². The predicted molar refractivity (Wildman–Crippen MR) is 90.3 cm³/mol. The van der Waals surface area contributed by atoms with Gasteiger partial charge in [-0.3, -0.25) is 4.98 Å². The van der Waals surface area contributed by atoms with Gasteiger partial charge in [-0.15, -0.1) is 0 Å². The van der Waals surface area contributed by atoms with Crippen molar-refractivity contribution in [2.24, 2.45) is 0 Å². The molecular formula is C20H20N2O. The summed E-state index contributed by atoms with van der Waals surface area (Å²) in [4.78, 5) is 9.05. The van der Waals surface area contributed by atoms with E-state index < -0.39 is 0 Å².